The minimum atomic E-state index is 0.417. The van der Waals surface area contributed by atoms with Gasteiger partial charge in [0.05, 0.1) is 13.3 Å². The Bertz CT molecular complexity index is 553. The maximum Gasteiger partial charge on any atom is 0.145 e. The average molecular weight is 322 g/mol. The lowest BCUT2D eigenvalue weighted by molar-refractivity contribution is 0.408. The first-order valence-electron chi connectivity index (χ1n) is 6.07. The summed E-state index contributed by atoms with van der Waals surface area (Å²) in [7, 11) is 1.63. The largest absolute Gasteiger partial charge is 0.497 e. The van der Waals surface area contributed by atoms with E-state index in [0.29, 0.717) is 17.4 Å². The molecule has 0 aliphatic carbocycles. The van der Waals surface area contributed by atoms with Crippen molar-refractivity contribution in [3.05, 3.63) is 46.7 Å². The van der Waals surface area contributed by atoms with Gasteiger partial charge in [-0.3, -0.25) is 4.98 Å². The van der Waals surface area contributed by atoms with E-state index in [2.05, 4.69) is 34.8 Å². The molecule has 1 heterocycles. The van der Waals surface area contributed by atoms with Gasteiger partial charge in [-0.25, -0.2) is 0 Å². The fourth-order valence-electron chi connectivity index (χ4n) is 1.64. The summed E-state index contributed by atoms with van der Waals surface area (Å²) in [6.07, 6.45) is 1.74. The molecule has 2 rings (SSSR count). The third kappa shape index (κ3) is 3.70. The Labute approximate surface area is 121 Å². The summed E-state index contributed by atoms with van der Waals surface area (Å²) in [4.78, 5) is 4.37. The molecule has 0 saturated carbocycles. The van der Waals surface area contributed by atoms with Crippen LogP contribution in [0.2, 0.25) is 0 Å². The lowest BCUT2D eigenvalue weighted by Gasteiger charge is -2.09. The first-order valence-corrected chi connectivity index (χ1v) is 6.86. The number of methoxy groups -OCH3 is 1. The Morgan fingerprint density at radius 1 is 1.05 bits per heavy atom. The standard InChI is InChI=1S/C15H16BrNO2/c1-10(2)15-5-4-12(9-17-15)19-14-7-11(16)6-13(8-14)18-3/h4-10H,1-3H3. The van der Waals surface area contributed by atoms with Crippen molar-refractivity contribution >= 4 is 15.9 Å². The molecule has 0 atom stereocenters. The number of rotatable bonds is 4. The molecule has 0 radical (unpaired) electrons. The van der Waals surface area contributed by atoms with Gasteiger partial charge >= 0.3 is 0 Å². The zero-order chi connectivity index (χ0) is 13.8. The van der Waals surface area contributed by atoms with Gasteiger partial charge in [-0.15, -0.1) is 0 Å². The third-order valence-electron chi connectivity index (χ3n) is 2.67. The van der Waals surface area contributed by atoms with E-state index < -0.39 is 0 Å². The van der Waals surface area contributed by atoms with Crippen LogP contribution in [-0.4, -0.2) is 12.1 Å². The van der Waals surface area contributed by atoms with E-state index in [-0.39, 0.29) is 0 Å². The van der Waals surface area contributed by atoms with E-state index in [9.17, 15) is 0 Å². The minimum Gasteiger partial charge on any atom is -0.497 e. The second kappa shape index (κ2) is 6.06. The van der Waals surface area contributed by atoms with E-state index >= 15 is 0 Å². The van der Waals surface area contributed by atoms with Crippen molar-refractivity contribution in [1.82, 2.24) is 4.98 Å². The molecule has 2 aromatic rings. The zero-order valence-electron chi connectivity index (χ0n) is 11.2. The Morgan fingerprint density at radius 2 is 1.79 bits per heavy atom. The van der Waals surface area contributed by atoms with Crippen molar-refractivity contribution in [2.45, 2.75) is 19.8 Å². The molecule has 1 aromatic heterocycles. The van der Waals surface area contributed by atoms with Crippen LogP contribution in [0.5, 0.6) is 17.2 Å². The van der Waals surface area contributed by atoms with E-state index in [0.717, 1.165) is 15.9 Å². The normalized spacial score (nSPS) is 10.6. The number of hydrogen-bond donors (Lipinski definition) is 0. The molecule has 19 heavy (non-hydrogen) atoms. The molecular formula is C15H16BrNO2. The van der Waals surface area contributed by atoms with Gasteiger partial charge in [0.25, 0.3) is 0 Å². The maximum absolute atomic E-state index is 5.76. The molecule has 0 aliphatic rings. The van der Waals surface area contributed by atoms with Gasteiger partial charge in [0.2, 0.25) is 0 Å². The lowest BCUT2D eigenvalue weighted by Crippen LogP contribution is -1.93. The van der Waals surface area contributed by atoms with Crippen LogP contribution < -0.4 is 9.47 Å². The molecule has 0 bridgehead atoms. The van der Waals surface area contributed by atoms with Crippen molar-refractivity contribution in [2.24, 2.45) is 0 Å². The van der Waals surface area contributed by atoms with Crippen LogP contribution in [-0.2, 0) is 0 Å². The first kappa shape index (κ1) is 13.9. The summed E-state index contributed by atoms with van der Waals surface area (Å²) in [5, 5.41) is 0. The van der Waals surface area contributed by atoms with Gasteiger partial charge in [0.1, 0.15) is 17.2 Å². The quantitative estimate of drug-likeness (QED) is 0.812. The van der Waals surface area contributed by atoms with Gasteiger partial charge in [0, 0.05) is 16.2 Å². The number of benzene rings is 1. The third-order valence-corrected chi connectivity index (χ3v) is 3.12. The van der Waals surface area contributed by atoms with Crippen molar-refractivity contribution in [3.8, 4) is 17.2 Å². The number of halogens is 1. The van der Waals surface area contributed by atoms with Crippen molar-refractivity contribution in [1.29, 1.82) is 0 Å². The van der Waals surface area contributed by atoms with Gasteiger partial charge in [0.15, 0.2) is 0 Å². The highest BCUT2D eigenvalue weighted by atomic mass is 79.9. The zero-order valence-corrected chi connectivity index (χ0v) is 12.8. The Hall–Kier alpha value is -1.55. The van der Waals surface area contributed by atoms with Crippen LogP contribution in [0.3, 0.4) is 0 Å². The molecule has 1 aromatic carbocycles. The van der Waals surface area contributed by atoms with Crippen LogP contribution in [0.1, 0.15) is 25.5 Å². The Balaban J connectivity index is 2.18. The minimum absolute atomic E-state index is 0.417. The monoisotopic (exact) mass is 321 g/mol. The van der Waals surface area contributed by atoms with Crippen LogP contribution in [0.25, 0.3) is 0 Å². The Kier molecular flexibility index (Phi) is 4.43. The molecule has 0 fully saturated rings. The molecule has 3 nitrogen and oxygen atoms in total. The van der Waals surface area contributed by atoms with E-state index in [1.165, 1.54) is 0 Å². The number of hydrogen-bond acceptors (Lipinski definition) is 3. The summed E-state index contributed by atoms with van der Waals surface area (Å²) in [5.74, 6) is 2.59. The summed E-state index contributed by atoms with van der Waals surface area (Å²) >= 11 is 3.42. The molecule has 0 unspecified atom stereocenters. The second-order valence-corrected chi connectivity index (χ2v) is 5.42. The molecule has 0 spiro atoms. The summed E-state index contributed by atoms with van der Waals surface area (Å²) < 4.78 is 11.9. The van der Waals surface area contributed by atoms with Crippen LogP contribution in [0.15, 0.2) is 41.0 Å². The van der Waals surface area contributed by atoms with Gasteiger partial charge in [-0.2, -0.15) is 0 Å². The lowest BCUT2D eigenvalue weighted by atomic mass is 10.1. The number of pyridine rings is 1. The summed E-state index contributed by atoms with van der Waals surface area (Å²) in [5.41, 5.74) is 1.05. The molecule has 0 aliphatic heterocycles. The van der Waals surface area contributed by atoms with Crippen LogP contribution >= 0.6 is 15.9 Å². The molecule has 0 N–H and O–H groups in total. The van der Waals surface area contributed by atoms with E-state index in [1.54, 1.807) is 13.3 Å². The first-order chi connectivity index (χ1) is 9.08. The highest BCUT2D eigenvalue weighted by Crippen LogP contribution is 2.29. The fourth-order valence-corrected chi connectivity index (χ4v) is 2.09. The van der Waals surface area contributed by atoms with Crippen molar-refractivity contribution in [2.75, 3.05) is 7.11 Å². The number of aromatic nitrogens is 1. The van der Waals surface area contributed by atoms with Crippen LogP contribution in [0, 0.1) is 0 Å². The predicted molar refractivity (Wildman–Crippen MR) is 79.1 cm³/mol. The predicted octanol–water partition coefficient (Wildman–Crippen LogP) is 4.77. The fraction of sp³-hybridized carbons (Fsp3) is 0.267. The molecule has 100 valence electrons. The van der Waals surface area contributed by atoms with Crippen LogP contribution in [0.4, 0.5) is 0 Å². The molecule has 4 heteroatoms. The summed E-state index contributed by atoms with van der Waals surface area (Å²) in [6.45, 7) is 4.23. The Morgan fingerprint density at radius 3 is 2.37 bits per heavy atom. The second-order valence-electron chi connectivity index (χ2n) is 4.50. The summed E-state index contributed by atoms with van der Waals surface area (Å²) in [6, 6.07) is 9.51. The van der Waals surface area contributed by atoms with Crippen molar-refractivity contribution in [3.63, 3.8) is 0 Å². The number of nitrogens with zero attached hydrogens (tertiary/aromatic N) is 1. The van der Waals surface area contributed by atoms with Gasteiger partial charge in [-0.05, 0) is 30.2 Å². The molecule has 0 saturated heterocycles. The average Bonchev–Trinajstić information content (AvgIpc) is 2.38. The highest BCUT2D eigenvalue weighted by Gasteiger charge is 2.04. The topological polar surface area (TPSA) is 31.4 Å². The number of ether oxygens (including phenoxy) is 2. The van der Waals surface area contributed by atoms with Gasteiger partial charge in [-0.1, -0.05) is 29.8 Å². The maximum atomic E-state index is 5.76. The van der Waals surface area contributed by atoms with E-state index in [4.69, 9.17) is 9.47 Å². The van der Waals surface area contributed by atoms with E-state index in [1.807, 2.05) is 30.3 Å². The highest BCUT2D eigenvalue weighted by molar-refractivity contribution is 9.10. The SMILES string of the molecule is COc1cc(Br)cc(Oc2ccc(C(C)C)nc2)c1. The molecule has 0 amide bonds. The smallest absolute Gasteiger partial charge is 0.145 e. The van der Waals surface area contributed by atoms with Gasteiger partial charge < -0.3 is 9.47 Å². The molecular weight excluding hydrogens is 306 g/mol. The van der Waals surface area contributed by atoms with Crippen molar-refractivity contribution < 1.29 is 9.47 Å².